The molecule has 1 aliphatic rings. The molecule has 104 valence electrons. The molecule has 3 nitrogen and oxygen atoms in total. The summed E-state index contributed by atoms with van der Waals surface area (Å²) in [6, 6.07) is 6.25. The van der Waals surface area contributed by atoms with Gasteiger partial charge in [-0.25, -0.2) is 13.6 Å². The molecule has 0 spiro atoms. The lowest BCUT2D eigenvalue weighted by Crippen LogP contribution is -2.34. The number of ether oxygens (including phenoxy) is 1. The van der Waals surface area contributed by atoms with Gasteiger partial charge in [-0.3, -0.25) is 0 Å². The van der Waals surface area contributed by atoms with Crippen molar-refractivity contribution in [1.29, 1.82) is 0 Å². The second-order valence-corrected chi connectivity index (χ2v) is 4.89. The van der Waals surface area contributed by atoms with Gasteiger partial charge in [-0.05, 0) is 24.1 Å². The number of esters is 1. The zero-order valence-electron chi connectivity index (χ0n) is 10.6. The summed E-state index contributed by atoms with van der Waals surface area (Å²) in [7, 11) is 1.28. The van der Waals surface area contributed by atoms with Gasteiger partial charge in [-0.2, -0.15) is 0 Å². The monoisotopic (exact) mass is 270 g/mol. The average molecular weight is 270 g/mol. The molecule has 1 saturated carbocycles. The van der Waals surface area contributed by atoms with Crippen LogP contribution in [0.25, 0.3) is 0 Å². The first-order chi connectivity index (χ1) is 8.93. The number of carbonyl (C=O) groups excluding carboxylic acids is 1. The second kappa shape index (κ2) is 5.25. The van der Waals surface area contributed by atoms with Crippen molar-refractivity contribution in [3.8, 4) is 0 Å². The van der Waals surface area contributed by atoms with E-state index in [0.29, 0.717) is 11.1 Å². The van der Waals surface area contributed by atoms with Gasteiger partial charge in [0.15, 0.2) is 0 Å². The molecule has 1 fully saturated rings. The van der Waals surface area contributed by atoms with Crippen molar-refractivity contribution >= 4 is 5.97 Å². The number of carbonyl (C=O) groups is 1. The van der Waals surface area contributed by atoms with Crippen molar-refractivity contribution in [2.75, 3.05) is 7.11 Å². The van der Waals surface area contributed by atoms with Crippen molar-refractivity contribution < 1.29 is 23.4 Å². The lowest BCUT2D eigenvalue weighted by atomic mass is 9.79. The van der Waals surface area contributed by atoms with E-state index in [4.69, 9.17) is 0 Å². The fraction of sp³-hybridized carbons (Fsp3) is 0.500. The molecule has 2 rings (SSSR count). The molecular weight excluding hydrogens is 254 g/mol. The van der Waals surface area contributed by atoms with Crippen LogP contribution in [0.15, 0.2) is 24.3 Å². The lowest BCUT2D eigenvalue weighted by Gasteiger charge is -2.33. The Bertz CT molecular complexity index is 456. The fourth-order valence-electron chi connectivity index (χ4n) is 2.44. The number of aliphatic hydroxyl groups excluding tert-OH is 1. The van der Waals surface area contributed by atoms with Crippen LogP contribution in [0, 0.1) is 0 Å². The molecule has 1 aromatic carbocycles. The van der Waals surface area contributed by atoms with Crippen molar-refractivity contribution in [2.24, 2.45) is 0 Å². The number of hydrogen-bond donors (Lipinski definition) is 1. The Labute approximate surface area is 110 Å². The van der Waals surface area contributed by atoms with Crippen molar-refractivity contribution in [3.63, 3.8) is 0 Å². The van der Waals surface area contributed by atoms with E-state index in [1.54, 1.807) is 12.1 Å². The molecule has 0 bridgehead atoms. The van der Waals surface area contributed by atoms with E-state index in [2.05, 4.69) is 4.74 Å². The Balaban J connectivity index is 2.19. The highest BCUT2D eigenvalue weighted by Crippen LogP contribution is 2.41. The average Bonchev–Trinajstić information content (AvgIpc) is 2.41. The zero-order valence-corrected chi connectivity index (χ0v) is 10.6. The van der Waals surface area contributed by atoms with E-state index in [9.17, 15) is 18.7 Å². The van der Waals surface area contributed by atoms with E-state index >= 15 is 0 Å². The number of benzene rings is 1. The first-order valence-electron chi connectivity index (χ1n) is 6.17. The van der Waals surface area contributed by atoms with Gasteiger partial charge in [0.25, 0.3) is 0 Å². The predicted octanol–water partition coefficient (Wildman–Crippen LogP) is 2.74. The Hall–Kier alpha value is -1.49. The third-order valence-electron chi connectivity index (χ3n) is 3.55. The van der Waals surface area contributed by atoms with Crippen LogP contribution in [0.3, 0.4) is 0 Å². The first kappa shape index (κ1) is 13.9. The normalized spacial score (nSPS) is 25.9. The molecule has 0 aliphatic heterocycles. The third kappa shape index (κ3) is 3.10. The highest BCUT2D eigenvalue weighted by molar-refractivity contribution is 5.89. The molecule has 2 atom stereocenters. The van der Waals surface area contributed by atoms with Gasteiger partial charge in [0.1, 0.15) is 0 Å². The maximum atomic E-state index is 13.4. The maximum Gasteiger partial charge on any atom is 0.337 e. The lowest BCUT2D eigenvalue weighted by molar-refractivity contribution is -0.0740. The minimum Gasteiger partial charge on any atom is -0.465 e. The minimum absolute atomic E-state index is 0.0937. The van der Waals surface area contributed by atoms with E-state index in [1.165, 1.54) is 19.2 Å². The van der Waals surface area contributed by atoms with Crippen molar-refractivity contribution in [1.82, 2.24) is 0 Å². The molecule has 0 heterocycles. The highest BCUT2D eigenvalue weighted by Gasteiger charge is 2.41. The number of rotatable bonds is 2. The van der Waals surface area contributed by atoms with Gasteiger partial charge in [-0.15, -0.1) is 0 Å². The van der Waals surface area contributed by atoms with Crippen LogP contribution in [0.1, 0.15) is 41.1 Å². The summed E-state index contributed by atoms with van der Waals surface area (Å²) in [5.74, 6) is -3.79. The van der Waals surface area contributed by atoms with Gasteiger partial charge in [-0.1, -0.05) is 12.1 Å². The van der Waals surface area contributed by atoms with Gasteiger partial charge in [0, 0.05) is 18.8 Å². The Morgan fingerprint density at radius 3 is 2.58 bits per heavy atom. The molecule has 0 radical (unpaired) electrons. The fourth-order valence-corrected chi connectivity index (χ4v) is 2.44. The number of alkyl halides is 2. The summed E-state index contributed by atoms with van der Waals surface area (Å²) in [6.07, 6.45) is -1.30. The standard InChI is InChI=1S/C14H16F2O3/c1-19-13(18)10-4-2-9(3-5-10)11-8-14(15,16)7-6-12(11)17/h2-5,11-12,17H,6-8H2,1H3/t11?,12-/m1/s1. The topological polar surface area (TPSA) is 46.5 Å². The van der Waals surface area contributed by atoms with E-state index in [1.807, 2.05) is 0 Å². The summed E-state index contributed by atoms with van der Waals surface area (Å²) in [5.41, 5.74) is 0.989. The smallest absolute Gasteiger partial charge is 0.337 e. The van der Waals surface area contributed by atoms with Crippen LogP contribution in [0.5, 0.6) is 0 Å². The van der Waals surface area contributed by atoms with Crippen LogP contribution in [0.2, 0.25) is 0 Å². The molecule has 19 heavy (non-hydrogen) atoms. The SMILES string of the molecule is COC(=O)c1ccc(C2CC(F)(F)CC[C@H]2O)cc1. The van der Waals surface area contributed by atoms with E-state index < -0.39 is 23.9 Å². The molecule has 1 aromatic rings. The van der Waals surface area contributed by atoms with Crippen LogP contribution < -0.4 is 0 Å². The summed E-state index contributed by atoms with van der Waals surface area (Å²) < 4.78 is 31.3. The molecule has 0 aromatic heterocycles. The number of aliphatic hydroxyl groups is 1. The quantitative estimate of drug-likeness (QED) is 0.840. The summed E-state index contributed by atoms with van der Waals surface area (Å²) in [4.78, 5) is 11.3. The Morgan fingerprint density at radius 1 is 1.37 bits per heavy atom. The summed E-state index contributed by atoms with van der Waals surface area (Å²) in [6.45, 7) is 0. The molecule has 0 saturated heterocycles. The van der Waals surface area contributed by atoms with Crippen LogP contribution in [-0.4, -0.2) is 30.2 Å². The van der Waals surface area contributed by atoms with Crippen LogP contribution in [0.4, 0.5) is 8.78 Å². The molecule has 5 heteroatoms. The Kier molecular flexibility index (Phi) is 3.85. The zero-order chi connectivity index (χ0) is 14.0. The van der Waals surface area contributed by atoms with Crippen molar-refractivity contribution in [2.45, 2.75) is 37.2 Å². The van der Waals surface area contributed by atoms with Gasteiger partial charge in [0.05, 0.1) is 18.8 Å². The van der Waals surface area contributed by atoms with Gasteiger partial charge < -0.3 is 9.84 Å². The summed E-state index contributed by atoms with van der Waals surface area (Å²) >= 11 is 0. The molecule has 1 N–H and O–H groups in total. The van der Waals surface area contributed by atoms with Crippen molar-refractivity contribution in [3.05, 3.63) is 35.4 Å². The minimum atomic E-state index is -2.73. The molecular formula is C14H16F2O3. The van der Waals surface area contributed by atoms with E-state index in [0.717, 1.165) is 0 Å². The molecule has 1 aliphatic carbocycles. The van der Waals surface area contributed by atoms with Gasteiger partial charge in [0.2, 0.25) is 5.92 Å². The number of hydrogen-bond acceptors (Lipinski definition) is 3. The highest BCUT2D eigenvalue weighted by atomic mass is 19.3. The third-order valence-corrected chi connectivity index (χ3v) is 3.55. The van der Waals surface area contributed by atoms with Crippen LogP contribution in [-0.2, 0) is 4.74 Å². The summed E-state index contributed by atoms with van der Waals surface area (Å²) in [5, 5.41) is 9.85. The van der Waals surface area contributed by atoms with Gasteiger partial charge >= 0.3 is 5.97 Å². The maximum absolute atomic E-state index is 13.4. The Morgan fingerprint density at radius 2 is 2.00 bits per heavy atom. The van der Waals surface area contributed by atoms with Crippen LogP contribution >= 0.6 is 0 Å². The number of methoxy groups -OCH3 is 1. The van der Waals surface area contributed by atoms with E-state index in [-0.39, 0.29) is 19.3 Å². The largest absolute Gasteiger partial charge is 0.465 e. The second-order valence-electron chi connectivity index (χ2n) is 4.89. The molecule has 0 amide bonds. The first-order valence-corrected chi connectivity index (χ1v) is 6.17. The predicted molar refractivity (Wildman–Crippen MR) is 65.3 cm³/mol. The number of halogens is 2. The molecule has 1 unspecified atom stereocenters.